The number of hydrogen-bond acceptors (Lipinski definition) is 3. The first-order valence-electron chi connectivity index (χ1n) is 7.26. The lowest BCUT2D eigenvalue weighted by Gasteiger charge is -2.35. The number of H-pyrrole nitrogens is 1. The zero-order valence-corrected chi connectivity index (χ0v) is 12.7. The first kappa shape index (κ1) is 13.3. The molecule has 0 saturated carbocycles. The summed E-state index contributed by atoms with van der Waals surface area (Å²) < 4.78 is 0. The molecule has 0 aliphatic carbocycles. The van der Waals surface area contributed by atoms with Crippen molar-refractivity contribution in [3.63, 3.8) is 0 Å². The molecule has 22 heavy (non-hydrogen) atoms. The number of thiophene rings is 1. The van der Waals surface area contributed by atoms with Crippen LogP contribution in [0.2, 0.25) is 0 Å². The third kappa shape index (κ3) is 2.14. The molecule has 110 valence electrons. The maximum Gasteiger partial charge on any atom is 0.264 e. The molecular weight excluding hydrogens is 294 g/mol. The molecule has 0 bridgehead atoms. The number of nitrogens with zero attached hydrogens (tertiary/aromatic N) is 2. The van der Waals surface area contributed by atoms with E-state index in [9.17, 15) is 4.79 Å². The third-order valence-electron chi connectivity index (χ3n) is 4.03. The fourth-order valence-electron chi connectivity index (χ4n) is 3.01. The second-order valence-electron chi connectivity index (χ2n) is 5.31. The summed E-state index contributed by atoms with van der Waals surface area (Å²) in [6.45, 7) is 0.700. The monoisotopic (exact) mass is 309 g/mol. The average molecular weight is 309 g/mol. The van der Waals surface area contributed by atoms with E-state index in [0.717, 1.165) is 28.2 Å². The van der Waals surface area contributed by atoms with E-state index in [1.165, 1.54) is 11.3 Å². The Balaban J connectivity index is 1.79. The van der Waals surface area contributed by atoms with Crippen LogP contribution < -0.4 is 0 Å². The van der Waals surface area contributed by atoms with Crippen molar-refractivity contribution >= 4 is 17.2 Å². The zero-order chi connectivity index (χ0) is 14.9. The molecule has 1 unspecified atom stereocenters. The number of imidazole rings is 1. The maximum absolute atomic E-state index is 12.9. The lowest BCUT2D eigenvalue weighted by atomic mass is 9.95. The number of hydrogen-bond donors (Lipinski definition) is 1. The Bertz CT molecular complexity index is 779. The minimum absolute atomic E-state index is 0.0810. The SMILES string of the molecule is O=C(c1cccs1)N1CCc2[nH]cnc2C1c1ccccc1. The van der Waals surface area contributed by atoms with Crippen LogP contribution >= 0.6 is 11.3 Å². The van der Waals surface area contributed by atoms with Gasteiger partial charge in [0.1, 0.15) is 6.04 Å². The number of amides is 1. The molecule has 1 aliphatic heterocycles. The first-order chi connectivity index (χ1) is 10.8. The summed E-state index contributed by atoms with van der Waals surface area (Å²) in [5.74, 6) is 0.0810. The minimum atomic E-state index is -0.120. The minimum Gasteiger partial charge on any atom is -0.348 e. The second kappa shape index (κ2) is 5.42. The van der Waals surface area contributed by atoms with Crippen molar-refractivity contribution in [2.45, 2.75) is 12.5 Å². The molecule has 5 heteroatoms. The molecular formula is C17H15N3OS. The van der Waals surface area contributed by atoms with Crippen molar-refractivity contribution in [3.05, 3.63) is 76.0 Å². The molecule has 0 saturated heterocycles. The summed E-state index contributed by atoms with van der Waals surface area (Å²) in [6.07, 6.45) is 2.54. The van der Waals surface area contributed by atoms with Gasteiger partial charge in [-0.2, -0.15) is 0 Å². The molecule has 3 heterocycles. The smallest absolute Gasteiger partial charge is 0.264 e. The summed E-state index contributed by atoms with van der Waals surface area (Å²) in [7, 11) is 0. The van der Waals surface area contributed by atoms with Crippen LogP contribution in [0.25, 0.3) is 0 Å². The number of nitrogens with one attached hydrogen (secondary N) is 1. The van der Waals surface area contributed by atoms with Crippen LogP contribution in [0.5, 0.6) is 0 Å². The Morgan fingerprint density at radius 2 is 2.09 bits per heavy atom. The quantitative estimate of drug-likeness (QED) is 0.790. The largest absolute Gasteiger partial charge is 0.348 e. The van der Waals surface area contributed by atoms with Crippen LogP contribution in [-0.4, -0.2) is 27.3 Å². The van der Waals surface area contributed by atoms with Crippen molar-refractivity contribution < 1.29 is 4.79 Å². The number of aromatic amines is 1. The Labute approximate surface area is 132 Å². The van der Waals surface area contributed by atoms with E-state index >= 15 is 0 Å². The van der Waals surface area contributed by atoms with Gasteiger partial charge in [-0.25, -0.2) is 4.98 Å². The van der Waals surface area contributed by atoms with E-state index in [-0.39, 0.29) is 11.9 Å². The van der Waals surface area contributed by atoms with Crippen molar-refractivity contribution in [3.8, 4) is 0 Å². The van der Waals surface area contributed by atoms with Crippen LogP contribution in [0.3, 0.4) is 0 Å². The number of rotatable bonds is 2. The highest BCUT2D eigenvalue weighted by atomic mass is 32.1. The predicted molar refractivity (Wildman–Crippen MR) is 85.9 cm³/mol. The zero-order valence-electron chi connectivity index (χ0n) is 11.9. The predicted octanol–water partition coefficient (Wildman–Crippen LogP) is 3.26. The van der Waals surface area contributed by atoms with Crippen LogP contribution in [0.1, 0.15) is 32.7 Å². The van der Waals surface area contributed by atoms with Crippen LogP contribution in [-0.2, 0) is 6.42 Å². The van der Waals surface area contributed by atoms with E-state index in [4.69, 9.17) is 0 Å². The van der Waals surface area contributed by atoms with Crippen molar-refractivity contribution in [1.29, 1.82) is 0 Å². The van der Waals surface area contributed by atoms with Gasteiger partial charge in [-0.1, -0.05) is 36.4 Å². The van der Waals surface area contributed by atoms with Gasteiger partial charge in [-0.3, -0.25) is 4.79 Å². The summed E-state index contributed by atoms with van der Waals surface area (Å²) in [6, 6.07) is 13.8. The van der Waals surface area contributed by atoms with Crippen molar-refractivity contribution in [2.75, 3.05) is 6.54 Å². The molecule has 2 aromatic heterocycles. The molecule has 1 N–H and O–H groups in total. The Hall–Kier alpha value is -2.40. The second-order valence-corrected chi connectivity index (χ2v) is 6.25. The Kier molecular flexibility index (Phi) is 3.27. The summed E-state index contributed by atoms with van der Waals surface area (Å²) in [5.41, 5.74) is 3.19. The molecule has 1 atom stereocenters. The van der Waals surface area contributed by atoms with E-state index in [1.54, 1.807) is 6.33 Å². The number of carbonyl (C=O) groups is 1. The highest BCUT2D eigenvalue weighted by molar-refractivity contribution is 7.12. The highest BCUT2D eigenvalue weighted by Gasteiger charge is 2.34. The number of aromatic nitrogens is 2. The number of fused-ring (bicyclic) bond motifs is 1. The van der Waals surface area contributed by atoms with E-state index in [2.05, 4.69) is 22.1 Å². The normalized spacial score (nSPS) is 17.3. The van der Waals surface area contributed by atoms with E-state index in [0.29, 0.717) is 6.54 Å². The molecule has 4 rings (SSSR count). The van der Waals surface area contributed by atoms with Gasteiger partial charge < -0.3 is 9.88 Å². The molecule has 3 aromatic rings. The van der Waals surface area contributed by atoms with Gasteiger partial charge in [0.25, 0.3) is 5.91 Å². The van der Waals surface area contributed by atoms with Gasteiger partial charge in [-0.15, -0.1) is 11.3 Å². The van der Waals surface area contributed by atoms with Gasteiger partial charge in [0, 0.05) is 18.7 Å². The molecule has 1 aromatic carbocycles. The van der Waals surface area contributed by atoms with Crippen molar-refractivity contribution in [1.82, 2.24) is 14.9 Å². The van der Waals surface area contributed by atoms with Gasteiger partial charge in [0.15, 0.2) is 0 Å². The fourth-order valence-corrected chi connectivity index (χ4v) is 3.69. The highest BCUT2D eigenvalue weighted by Crippen LogP contribution is 2.34. The number of carbonyl (C=O) groups excluding carboxylic acids is 1. The third-order valence-corrected chi connectivity index (χ3v) is 4.89. The fraction of sp³-hybridized carbons (Fsp3) is 0.176. The molecule has 4 nitrogen and oxygen atoms in total. The lowest BCUT2D eigenvalue weighted by molar-refractivity contribution is 0.0695. The average Bonchev–Trinajstić information content (AvgIpc) is 3.25. The molecule has 0 spiro atoms. The van der Waals surface area contributed by atoms with Crippen molar-refractivity contribution in [2.24, 2.45) is 0 Å². The van der Waals surface area contributed by atoms with Gasteiger partial charge in [0.2, 0.25) is 0 Å². The van der Waals surface area contributed by atoms with Crippen LogP contribution in [0, 0.1) is 0 Å². The summed E-state index contributed by atoms with van der Waals surface area (Å²) in [4.78, 5) is 23.3. The Morgan fingerprint density at radius 1 is 1.23 bits per heavy atom. The number of benzene rings is 1. The topological polar surface area (TPSA) is 49.0 Å². The molecule has 1 aliphatic rings. The van der Waals surface area contributed by atoms with E-state index < -0.39 is 0 Å². The van der Waals surface area contributed by atoms with Crippen LogP contribution in [0.15, 0.2) is 54.2 Å². The van der Waals surface area contributed by atoms with E-state index in [1.807, 2.05) is 40.6 Å². The molecule has 1 amide bonds. The maximum atomic E-state index is 12.9. The summed E-state index contributed by atoms with van der Waals surface area (Å²) in [5, 5.41) is 1.94. The lowest BCUT2D eigenvalue weighted by Crippen LogP contribution is -2.40. The Morgan fingerprint density at radius 3 is 2.86 bits per heavy atom. The molecule has 0 fully saturated rings. The van der Waals surface area contributed by atoms with Gasteiger partial charge in [0.05, 0.1) is 16.9 Å². The van der Waals surface area contributed by atoms with Crippen LogP contribution in [0.4, 0.5) is 0 Å². The molecule has 0 radical (unpaired) electrons. The van der Waals surface area contributed by atoms with Gasteiger partial charge >= 0.3 is 0 Å². The summed E-state index contributed by atoms with van der Waals surface area (Å²) >= 11 is 1.49. The standard InChI is InChI=1S/C17H15N3OS/c21-17(14-7-4-10-22-14)20-9-8-13-15(19-11-18-13)16(20)12-5-2-1-3-6-12/h1-7,10-11,16H,8-9H2,(H,18,19). The van der Waals surface area contributed by atoms with Gasteiger partial charge in [-0.05, 0) is 17.0 Å². The first-order valence-corrected chi connectivity index (χ1v) is 8.14.